The smallest absolute Gasteiger partial charge is 0.273 e. The molecule has 0 unspecified atom stereocenters. The van der Waals surface area contributed by atoms with Crippen LogP contribution in [0.1, 0.15) is 45.5 Å². The molecular formula is C12H22N4O3S. The average molecular weight is 302 g/mol. The zero-order valence-electron chi connectivity index (χ0n) is 12.1. The van der Waals surface area contributed by atoms with Crippen LogP contribution in [0.2, 0.25) is 0 Å². The number of sulfonamides is 1. The molecule has 0 saturated heterocycles. The third-order valence-corrected chi connectivity index (χ3v) is 4.36. The number of rotatable bonds is 6. The van der Waals surface area contributed by atoms with Gasteiger partial charge in [0.15, 0.2) is 0 Å². The van der Waals surface area contributed by atoms with Crippen LogP contribution in [0.3, 0.4) is 0 Å². The second-order valence-electron chi connectivity index (χ2n) is 5.53. The first-order chi connectivity index (χ1) is 9.32. The maximum atomic E-state index is 11.5. The van der Waals surface area contributed by atoms with E-state index in [1.54, 1.807) is 4.57 Å². The Bertz CT molecular complexity index is 561. The van der Waals surface area contributed by atoms with Crippen molar-refractivity contribution < 1.29 is 13.2 Å². The van der Waals surface area contributed by atoms with E-state index in [9.17, 15) is 8.42 Å². The SMILES string of the molecule is CCOC1CC(Cc2nnc(S(N)(=O)=O)n2C(C)C)C1. The van der Waals surface area contributed by atoms with E-state index >= 15 is 0 Å². The third kappa shape index (κ3) is 3.18. The molecule has 1 saturated carbocycles. The highest BCUT2D eigenvalue weighted by atomic mass is 32.2. The number of aromatic nitrogens is 3. The predicted octanol–water partition coefficient (Wildman–Crippen LogP) is 0.864. The summed E-state index contributed by atoms with van der Waals surface area (Å²) in [7, 11) is -3.84. The van der Waals surface area contributed by atoms with Crippen LogP contribution in [0.25, 0.3) is 0 Å². The van der Waals surface area contributed by atoms with Crippen molar-refractivity contribution in [3.63, 3.8) is 0 Å². The van der Waals surface area contributed by atoms with Crippen molar-refractivity contribution in [1.82, 2.24) is 14.8 Å². The van der Waals surface area contributed by atoms with Gasteiger partial charge in [0.25, 0.3) is 15.2 Å². The monoisotopic (exact) mass is 302 g/mol. The van der Waals surface area contributed by atoms with E-state index in [1.807, 2.05) is 20.8 Å². The lowest BCUT2D eigenvalue weighted by Gasteiger charge is -2.34. The molecule has 0 aliphatic heterocycles. The third-order valence-electron chi connectivity index (χ3n) is 3.57. The Morgan fingerprint density at radius 3 is 2.55 bits per heavy atom. The van der Waals surface area contributed by atoms with Crippen molar-refractivity contribution in [3.8, 4) is 0 Å². The Kier molecular flexibility index (Phi) is 4.46. The zero-order chi connectivity index (χ0) is 14.9. The van der Waals surface area contributed by atoms with Gasteiger partial charge in [-0.1, -0.05) is 0 Å². The molecule has 1 aliphatic rings. The zero-order valence-corrected chi connectivity index (χ0v) is 12.9. The minimum absolute atomic E-state index is 0.0453. The van der Waals surface area contributed by atoms with Crippen LogP contribution in [-0.4, -0.2) is 35.9 Å². The number of hydrogen-bond acceptors (Lipinski definition) is 5. The number of hydrogen-bond donors (Lipinski definition) is 1. The fourth-order valence-electron chi connectivity index (χ4n) is 2.63. The minimum atomic E-state index is -3.84. The summed E-state index contributed by atoms with van der Waals surface area (Å²) in [6.07, 6.45) is 3.02. The molecule has 7 nitrogen and oxygen atoms in total. The van der Waals surface area contributed by atoms with Gasteiger partial charge in [-0.05, 0) is 39.5 Å². The van der Waals surface area contributed by atoms with Gasteiger partial charge in [-0.25, -0.2) is 13.6 Å². The molecule has 0 amide bonds. The van der Waals surface area contributed by atoms with Gasteiger partial charge in [0, 0.05) is 19.1 Å². The molecule has 0 spiro atoms. The van der Waals surface area contributed by atoms with Crippen molar-refractivity contribution in [1.29, 1.82) is 0 Å². The molecule has 20 heavy (non-hydrogen) atoms. The summed E-state index contributed by atoms with van der Waals surface area (Å²) in [5.41, 5.74) is 0. The van der Waals surface area contributed by atoms with Crippen molar-refractivity contribution >= 4 is 10.0 Å². The van der Waals surface area contributed by atoms with Gasteiger partial charge in [-0.2, -0.15) is 0 Å². The van der Waals surface area contributed by atoms with Crippen molar-refractivity contribution in [3.05, 3.63) is 5.82 Å². The second kappa shape index (κ2) is 5.79. The highest BCUT2D eigenvalue weighted by molar-refractivity contribution is 7.89. The predicted molar refractivity (Wildman–Crippen MR) is 73.6 cm³/mol. The minimum Gasteiger partial charge on any atom is -0.378 e. The Balaban J connectivity index is 2.12. The van der Waals surface area contributed by atoms with Gasteiger partial charge >= 0.3 is 0 Å². The maximum absolute atomic E-state index is 11.5. The molecule has 2 N–H and O–H groups in total. The summed E-state index contributed by atoms with van der Waals surface area (Å²) in [5, 5.41) is 12.8. The van der Waals surface area contributed by atoms with Crippen molar-refractivity contribution in [2.75, 3.05) is 6.61 Å². The van der Waals surface area contributed by atoms with Crippen LogP contribution >= 0.6 is 0 Å². The summed E-state index contributed by atoms with van der Waals surface area (Å²) < 4.78 is 30.2. The molecule has 1 aliphatic carbocycles. The van der Waals surface area contributed by atoms with E-state index < -0.39 is 10.0 Å². The lowest BCUT2D eigenvalue weighted by Crippen LogP contribution is -2.33. The van der Waals surface area contributed by atoms with Gasteiger partial charge in [-0.15, -0.1) is 10.2 Å². The molecule has 0 aromatic carbocycles. The summed E-state index contributed by atoms with van der Waals surface area (Å²) >= 11 is 0. The highest BCUT2D eigenvalue weighted by Gasteiger charge is 2.32. The van der Waals surface area contributed by atoms with E-state index in [2.05, 4.69) is 10.2 Å². The van der Waals surface area contributed by atoms with E-state index in [0.29, 0.717) is 24.3 Å². The van der Waals surface area contributed by atoms with Crippen molar-refractivity contribution in [2.45, 2.75) is 57.3 Å². The lowest BCUT2D eigenvalue weighted by atomic mass is 9.80. The van der Waals surface area contributed by atoms with Crippen LogP contribution in [0.4, 0.5) is 0 Å². The quantitative estimate of drug-likeness (QED) is 0.840. The summed E-state index contributed by atoms with van der Waals surface area (Å²) in [6.45, 7) is 6.51. The number of nitrogens with zero attached hydrogens (tertiary/aromatic N) is 3. The van der Waals surface area contributed by atoms with E-state index in [1.165, 1.54) is 0 Å². The van der Waals surface area contributed by atoms with Gasteiger partial charge < -0.3 is 4.74 Å². The molecular weight excluding hydrogens is 280 g/mol. The molecule has 1 aromatic heterocycles. The van der Waals surface area contributed by atoms with Crippen LogP contribution < -0.4 is 5.14 Å². The molecule has 8 heteroatoms. The molecule has 1 heterocycles. The van der Waals surface area contributed by atoms with Gasteiger partial charge in [0.2, 0.25) is 0 Å². The maximum Gasteiger partial charge on any atom is 0.273 e. The molecule has 1 aromatic rings. The largest absolute Gasteiger partial charge is 0.378 e. The van der Waals surface area contributed by atoms with Gasteiger partial charge in [0.05, 0.1) is 6.10 Å². The molecule has 0 bridgehead atoms. The first-order valence-electron chi connectivity index (χ1n) is 6.91. The normalized spacial score (nSPS) is 23.1. The van der Waals surface area contributed by atoms with E-state index in [-0.39, 0.29) is 11.2 Å². The summed E-state index contributed by atoms with van der Waals surface area (Å²) in [5.74, 6) is 1.16. The number of primary sulfonamides is 1. The summed E-state index contributed by atoms with van der Waals surface area (Å²) in [6, 6.07) is -0.0453. The van der Waals surface area contributed by atoms with Crippen LogP contribution in [0.15, 0.2) is 5.16 Å². The van der Waals surface area contributed by atoms with Crippen molar-refractivity contribution in [2.24, 2.45) is 11.1 Å². The van der Waals surface area contributed by atoms with E-state index in [0.717, 1.165) is 19.4 Å². The Labute approximate surface area is 119 Å². The molecule has 0 atom stereocenters. The Hall–Kier alpha value is -0.990. The number of ether oxygens (including phenoxy) is 1. The summed E-state index contributed by atoms with van der Waals surface area (Å²) in [4.78, 5) is 0. The molecule has 0 radical (unpaired) electrons. The standard InChI is InChI=1S/C12H22N4O3S/c1-4-19-10-5-9(6-10)7-11-14-15-12(20(13,17)18)16(11)8(2)3/h8-10H,4-7H2,1-3H3,(H2,13,17,18). The molecule has 2 rings (SSSR count). The van der Waals surface area contributed by atoms with Gasteiger partial charge in [0.1, 0.15) is 5.82 Å². The first-order valence-corrected chi connectivity index (χ1v) is 8.45. The Morgan fingerprint density at radius 1 is 1.40 bits per heavy atom. The van der Waals surface area contributed by atoms with Gasteiger partial charge in [-0.3, -0.25) is 4.57 Å². The van der Waals surface area contributed by atoms with Crippen LogP contribution in [0, 0.1) is 5.92 Å². The van der Waals surface area contributed by atoms with Crippen LogP contribution in [-0.2, 0) is 21.2 Å². The number of nitrogens with two attached hydrogens (primary N) is 1. The lowest BCUT2D eigenvalue weighted by molar-refractivity contribution is -0.0248. The highest BCUT2D eigenvalue weighted by Crippen LogP contribution is 2.33. The molecule has 114 valence electrons. The Morgan fingerprint density at radius 2 is 2.05 bits per heavy atom. The fraction of sp³-hybridized carbons (Fsp3) is 0.833. The average Bonchev–Trinajstić information content (AvgIpc) is 2.69. The first kappa shape index (κ1) is 15.4. The molecule has 1 fully saturated rings. The topological polar surface area (TPSA) is 100 Å². The second-order valence-corrected chi connectivity index (χ2v) is 6.98. The van der Waals surface area contributed by atoms with E-state index in [4.69, 9.17) is 9.88 Å². The fourth-order valence-corrected chi connectivity index (χ4v) is 3.38. The van der Waals surface area contributed by atoms with Crippen LogP contribution in [0.5, 0.6) is 0 Å².